The summed E-state index contributed by atoms with van der Waals surface area (Å²) < 4.78 is 10.0. The number of carbonyl (C=O) groups excluding carboxylic acids is 2. The number of nitrogens with one attached hydrogen (secondary N) is 1. The van der Waals surface area contributed by atoms with E-state index in [1.807, 2.05) is 36.6 Å². The van der Waals surface area contributed by atoms with Crippen molar-refractivity contribution in [3.63, 3.8) is 0 Å². The zero-order valence-electron chi connectivity index (χ0n) is 13.3. The standard InChI is InChI=1S/C17H19NO4S/c1-4-5-14(19)18-16-15(17(20)22-3)13(10-23-16)11-6-8-12(21-2)9-7-11/h6-10H,4-5H2,1-3H3,(H,18,19). The van der Waals surface area contributed by atoms with Gasteiger partial charge in [0.1, 0.15) is 16.3 Å². The molecule has 6 heteroatoms. The third kappa shape index (κ3) is 3.90. The van der Waals surface area contributed by atoms with Crippen LogP contribution in [-0.4, -0.2) is 26.1 Å². The highest BCUT2D eigenvalue weighted by Gasteiger charge is 2.22. The van der Waals surface area contributed by atoms with Crippen molar-refractivity contribution in [2.75, 3.05) is 19.5 Å². The van der Waals surface area contributed by atoms with E-state index < -0.39 is 5.97 Å². The van der Waals surface area contributed by atoms with E-state index in [9.17, 15) is 9.59 Å². The molecular formula is C17H19NO4S. The minimum atomic E-state index is -0.469. The van der Waals surface area contributed by atoms with E-state index in [0.29, 0.717) is 17.0 Å². The van der Waals surface area contributed by atoms with Gasteiger partial charge in [-0.15, -0.1) is 11.3 Å². The molecule has 1 aromatic carbocycles. The minimum absolute atomic E-state index is 0.110. The van der Waals surface area contributed by atoms with E-state index in [1.165, 1.54) is 18.4 Å². The van der Waals surface area contributed by atoms with E-state index in [0.717, 1.165) is 23.3 Å². The van der Waals surface area contributed by atoms with Crippen LogP contribution in [0.3, 0.4) is 0 Å². The van der Waals surface area contributed by atoms with Gasteiger partial charge in [-0.05, 0) is 24.1 Å². The van der Waals surface area contributed by atoms with Crippen LogP contribution in [0, 0.1) is 0 Å². The Morgan fingerprint density at radius 1 is 1.17 bits per heavy atom. The molecule has 2 rings (SSSR count). The largest absolute Gasteiger partial charge is 0.497 e. The Morgan fingerprint density at radius 3 is 2.43 bits per heavy atom. The molecule has 122 valence electrons. The maximum Gasteiger partial charge on any atom is 0.341 e. The van der Waals surface area contributed by atoms with Crippen molar-refractivity contribution in [3.05, 3.63) is 35.2 Å². The first-order valence-electron chi connectivity index (χ1n) is 7.24. The van der Waals surface area contributed by atoms with Crippen LogP contribution in [-0.2, 0) is 9.53 Å². The number of hydrogen-bond donors (Lipinski definition) is 1. The molecule has 1 heterocycles. The predicted octanol–water partition coefficient (Wildman–Crippen LogP) is 3.95. The van der Waals surface area contributed by atoms with Crippen molar-refractivity contribution in [2.45, 2.75) is 19.8 Å². The smallest absolute Gasteiger partial charge is 0.341 e. The van der Waals surface area contributed by atoms with Gasteiger partial charge in [-0.3, -0.25) is 4.79 Å². The van der Waals surface area contributed by atoms with E-state index in [-0.39, 0.29) is 5.91 Å². The van der Waals surface area contributed by atoms with Crippen molar-refractivity contribution >= 4 is 28.2 Å². The molecule has 0 aliphatic carbocycles. The summed E-state index contributed by atoms with van der Waals surface area (Å²) in [7, 11) is 2.93. The highest BCUT2D eigenvalue weighted by molar-refractivity contribution is 7.15. The van der Waals surface area contributed by atoms with Gasteiger partial charge in [0.15, 0.2) is 0 Å². The molecule has 0 fully saturated rings. The van der Waals surface area contributed by atoms with Gasteiger partial charge in [-0.25, -0.2) is 4.79 Å². The van der Waals surface area contributed by atoms with Crippen LogP contribution in [0.1, 0.15) is 30.1 Å². The summed E-state index contributed by atoms with van der Waals surface area (Å²) in [6.45, 7) is 1.93. The van der Waals surface area contributed by atoms with E-state index >= 15 is 0 Å². The first-order valence-corrected chi connectivity index (χ1v) is 8.12. The monoisotopic (exact) mass is 333 g/mol. The molecule has 0 radical (unpaired) electrons. The van der Waals surface area contributed by atoms with Gasteiger partial charge < -0.3 is 14.8 Å². The van der Waals surface area contributed by atoms with Crippen molar-refractivity contribution in [1.82, 2.24) is 0 Å². The predicted molar refractivity (Wildman–Crippen MR) is 91.2 cm³/mol. The summed E-state index contributed by atoms with van der Waals surface area (Å²) in [5.74, 6) is 0.157. The summed E-state index contributed by atoms with van der Waals surface area (Å²) in [4.78, 5) is 24.0. The Balaban J connectivity index is 2.40. The van der Waals surface area contributed by atoms with E-state index in [4.69, 9.17) is 9.47 Å². The summed E-state index contributed by atoms with van der Waals surface area (Å²) in [6, 6.07) is 7.38. The normalized spacial score (nSPS) is 10.2. The highest BCUT2D eigenvalue weighted by Crippen LogP contribution is 2.36. The molecule has 0 spiro atoms. The average molecular weight is 333 g/mol. The molecule has 0 saturated heterocycles. The van der Waals surface area contributed by atoms with Crippen molar-refractivity contribution < 1.29 is 19.1 Å². The molecule has 0 aliphatic rings. The van der Waals surface area contributed by atoms with Crippen molar-refractivity contribution in [3.8, 4) is 16.9 Å². The second-order valence-corrected chi connectivity index (χ2v) is 5.75. The van der Waals surface area contributed by atoms with E-state index in [1.54, 1.807) is 7.11 Å². The van der Waals surface area contributed by atoms with Crippen LogP contribution >= 0.6 is 11.3 Å². The number of ether oxygens (including phenoxy) is 2. The summed E-state index contributed by atoms with van der Waals surface area (Å²) in [5.41, 5.74) is 1.97. The molecule has 1 amide bonds. The Hall–Kier alpha value is -2.34. The molecule has 23 heavy (non-hydrogen) atoms. The number of rotatable bonds is 6. The lowest BCUT2D eigenvalue weighted by atomic mass is 10.0. The molecule has 5 nitrogen and oxygen atoms in total. The molecule has 0 aliphatic heterocycles. The second kappa shape index (κ2) is 7.78. The lowest BCUT2D eigenvalue weighted by molar-refractivity contribution is -0.116. The van der Waals surface area contributed by atoms with Gasteiger partial charge in [0.2, 0.25) is 5.91 Å². The number of esters is 1. The number of carbonyl (C=O) groups is 2. The molecule has 0 saturated carbocycles. The van der Waals surface area contributed by atoms with Crippen LogP contribution in [0.2, 0.25) is 0 Å². The summed E-state index contributed by atoms with van der Waals surface area (Å²) >= 11 is 1.31. The number of benzene rings is 1. The van der Waals surface area contributed by atoms with Gasteiger partial charge in [0, 0.05) is 17.4 Å². The van der Waals surface area contributed by atoms with Crippen LogP contribution in [0.4, 0.5) is 5.00 Å². The number of amides is 1. The SMILES string of the molecule is CCCC(=O)Nc1scc(-c2ccc(OC)cc2)c1C(=O)OC. The average Bonchev–Trinajstić information content (AvgIpc) is 2.97. The molecule has 0 bridgehead atoms. The molecule has 0 atom stereocenters. The van der Waals surface area contributed by atoms with Crippen LogP contribution in [0.5, 0.6) is 5.75 Å². The fourth-order valence-electron chi connectivity index (χ4n) is 2.15. The lowest BCUT2D eigenvalue weighted by Gasteiger charge is -2.08. The fourth-order valence-corrected chi connectivity index (χ4v) is 3.13. The zero-order valence-corrected chi connectivity index (χ0v) is 14.2. The maximum absolute atomic E-state index is 12.2. The topological polar surface area (TPSA) is 64.6 Å². The van der Waals surface area contributed by atoms with Gasteiger partial charge in [-0.2, -0.15) is 0 Å². The first kappa shape index (κ1) is 17.0. The van der Waals surface area contributed by atoms with Gasteiger partial charge in [0.25, 0.3) is 0 Å². The number of thiophene rings is 1. The zero-order chi connectivity index (χ0) is 16.8. The Bertz CT molecular complexity index is 691. The number of methoxy groups -OCH3 is 2. The van der Waals surface area contributed by atoms with Crippen molar-refractivity contribution in [2.24, 2.45) is 0 Å². The summed E-state index contributed by atoms with van der Waals surface area (Å²) in [6.07, 6.45) is 1.16. The molecule has 1 aromatic heterocycles. The van der Waals surface area contributed by atoms with Crippen LogP contribution < -0.4 is 10.1 Å². The first-order chi connectivity index (χ1) is 11.1. The quantitative estimate of drug-likeness (QED) is 0.813. The van der Waals surface area contributed by atoms with Gasteiger partial charge in [0.05, 0.1) is 14.2 Å². The van der Waals surface area contributed by atoms with Crippen LogP contribution in [0.15, 0.2) is 29.6 Å². The second-order valence-electron chi connectivity index (χ2n) is 4.87. The van der Waals surface area contributed by atoms with Crippen LogP contribution in [0.25, 0.3) is 11.1 Å². The third-order valence-corrected chi connectivity index (χ3v) is 4.21. The third-order valence-electron chi connectivity index (χ3n) is 3.31. The van der Waals surface area contributed by atoms with E-state index in [2.05, 4.69) is 5.32 Å². The Labute approximate surface area is 139 Å². The number of hydrogen-bond acceptors (Lipinski definition) is 5. The molecule has 0 unspecified atom stereocenters. The maximum atomic E-state index is 12.2. The molecule has 2 aromatic rings. The van der Waals surface area contributed by atoms with Gasteiger partial charge >= 0.3 is 5.97 Å². The number of anilines is 1. The fraction of sp³-hybridized carbons (Fsp3) is 0.294. The van der Waals surface area contributed by atoms with Crippen molar-refractivity contribution in [1.29, 1.82) is 0 Å². The highest BCUT2D eigenvalue weighted by atomic mass is 32.1. The minimum Gasteiger partial charge on any atom is -0.497 e. The molecule has 1 N–H and O–H groups in total. The lowest BCUT2D eigenvalue weighted by Crippen LogP contribution is -2.13. The Kier molecular flexibility index (Phi) is 5.76. The Morgan fingerprint density at radius 2 is 1.87 bits per heavy atom. The van der Waals surface area contributed by atoms with Gasteiger partial charge in [-0.1, -0.05) is 19.1 Å². The summed E-state index contributed by atoms with van der Waals surface area (Å²) in [5, 5.41) is 5.15. The molecular weight excluding hydrogens is 314 g/mol.